The topological polar surface area (TPSA) is 51.8 Å². The van der Waals surface area contributed by atoms with Crippen molar-refractivity contribution in [1.29, 1.82) is 0 Å². The zero-order chi connectivity index (χ0) is 13.1. The van der Waals surface area contributed by atoms with E-state index in [2.05, 4.69) is 60.3 Å². The predicted molar refractivity (Wildman–Crippen MR) is 84.3 cm³/mol. The van der Waals surface area contributed by atoms with Crippen molar-refractivity contribution in [2.75, 3.05) is 11.5 Å². The molecule has 0 unspecified atom stereocenters. The molecule has 0 saturated heterocycles. The minimum atomic E-state index is 0.0117. The highest BCUT2D eigenvalue weighted by atomic mass is 127. The highest BCUT2D eigenvalue weighted by molar-refractivity contribution is 14.1. The molecule has 1 aromatic heterocycles. The van der Waals surface area contributed by atoms with Gasteiger partial charge in [0.1, 0.15) is 11.6 Å². The number of nitrogens with zero attached hydrogens (tertiary/aromatic N) is 2. The van der Waals surface area contributed by atoms with Gasteiger partial charge >= 0.3 is 0 Å². The van der Waals surface area contributed by atoms with Gasteiger partial charge in [0.25, 0.3) is 0 Å². The van der Waals surface area contributed by atoms with Crippen molar-refractivity contribution in [3.63, 3.8) is 0 Å². The van der Waals surface area contributed by atoms with E-state index in [-0.39, 0.29) is 5.41 Å². The standard InChI is InChI=1S/C12H20IN3S/c1-5-6-17-7-8-15-10(12(2,3)4)9(13)11(14)16-8/h5-7H2,1-4H3,(H2,14,15,16). The van der Waals surface area contributed by atoms with E-state index in [4.69, 9.17) is 5.73 Å². The van der Waals surface area contributed by atoms with Crippen LogP contribution in [0.15, 0.2) is 0 Å². The largest absolute Gasteiger partial charge is 0.383 e. The molecule has 1 heterocycles. The Morgan fingerprint density at radius 3 is 2.47 bits per heavy atom. The molecular formula is C12H20IN3S. The molecule has 1 rings (SSSR count). The Bertz CT molecular complexity index is 388. The van der Waals surface area contributed by atoms with E-state index < -0.39 is 0 Å². The van der Waals surface area contributed by atoms with Gasteiger partial charge in [-0.15, -0.1) is 0 Å². The van der Waals surface area contributed by atoms with E-state index >= 15 is 0 Å². The third-order valence-electron chi connectivity index (χ3n) is 2.21. The molecule has 17 heavy (non-hydrogen) atoms. The van der Waals surface area contributed by atoms with E-state index in [1.54, 1.807) is 0 Å². The number of halogens is 1. The van der Waals surface area contributed by atoms with Gasteiger partial charge in [-0.25, -0.2) is 9.97 Å². The Labute approximate surface area is 122 Å². The lowest BCUT2D eigenvalue weighted by Gasteiger charge is -2.20. The fourth-order valence-corrected chi connectivity index (χ4v) is 3.18. The first-order chi connectivity index (χ1) is 7.86. The molecule has 2 N–H and O–H groups in total. The SMILES string of the molecule is CCCSCc1nc(N)c(I)c(C(C)(C)C)n1. The quantitative estimate of drug-likeness (QED) is 0.654. The number of anilines is 1. The van der Waals surface area contributed by atoms with E-state index in [0.29, 0.717) is 5.82 Å². The summed E-state index contributed by atoms with van der Waals surface area (Å²) in [6, 6.07) is 0. The molecule has 0 amide bonds. The van der Waals surface area contributed by atoms with Crippen molar-refractivity contribution in [3.05, 3.63) is 15.1 Å². The zero-order valence-electron chi connectivity index (χ0n) is 10.9. The third kappa shape index (κ3) is 4.28. The van der Waals surface area contributed by atoms with Crippen LogP contribution in [-0.2, 0) is 11.2 Å². The van der Waals surface area contributed by atoms with Gasteiger partial charge in [-0.2, -0.15) is 11.8 Å². The fourth-order valence-electron chi connectivity index (χ4n) is 1.38. The number of hydrogen-bond donors (Lipinski definition) is 1. The molecule has 1 aromatic rings. The third-order valence-corrected chi connectivity index (χ3v) is 4.44. The molecule has 3 nitrogen and oxygen atoms in total. The van der Waals surface area contributed by atoms with Crippen LogP contribution in [0.3, 0.4) is 0 Å². The van der Waals surface area contributed by atoms with Crippen molar-refractivity contribution in [2.45, 2.75) is 45.3 Å². The summed E-state index contributed by atoms with van der Waals surface area (Å²) >= 11 is 4.09. The second-order valence-electron chi connectivity index (χ2n) is 4.99. The highest BCUT2D eigenvalue weighted by Gasteiger charge is 2.22. The molecule has 0 aliphatic carbocycles. The smallest absolute Gasteiger partial charge is 0.140 e. The van der Waals surface area contributed by atoms with Crippen LogP contribution in [-0.4, -0.2) is 15.7 Å². The Hall–Kier alpha value is -0.0400. The summed E-state index contributed by atoms with van der Waals surface area (Å²) in [5.74, 6) is 3.45. The number of aromatic nitrogens is 2. The van der Waals surface area contributed by atoms with E-state index in [0.717, 1.165) is 26.6 Å². The van der Waals surface area contributed by atoms with Gasteiger partial charge in [-0.3, -0.25) is 0 Å². The Morgan fingerprint density at radius 2 is 1.94 bits per heavy atom. The van der Waals surface area contributed by atoms with E-state index in [1.807, 2.05) is 11.8 Å². The highest BCUT2D eigenvalue weighted by Crippen LogP contribution is 2.28. The summed E-state index contributed by atoms with van der Waals surface area (Å²) in [6.45, 7) is 8.64. The summed E-state index contributed by atoms with van der Waals surface area (Å²) in [4.78, 5) is 9.01. The lowest BCUT2D eigenvalue weighted by molar-refractivity contribution is 0.560. The van der Waals surface area contributed by atoms with Gasteiger partial charge in [-0.1, -0.05) is 27.7 Å². The Kier molecular flexibility index (Phi) is 5.50. The number of nitrogens with two attached hydrogens (primary N) is 1. The van der Waals surface area contributed by atoms with Crippen LogP contribution in [0.1, 0.15) is 45.6 Å². The number of hydrogen-bond acceptors (Lipinski definition) is 4. The van der Waals surface area contributed by atoms with Gasteiger partial charge in [0.05, 0.1) is 15.0 Å². The molecule has 0 aromatic carbocycles. The van der Waals surface area contributed by atoms with Crippen molar-refractivity contribution < 1.29 is 0 Å². The molecule has 5 heteroatoms. The minimum absolute atomic E-state index is 0.0117. The molecule has 96 valence electrons. The van der Waals surface area contributed by atoms with Crippen LogP contribution < -0.4 is 5.73 Å². The monoisotopic (exact) mass is 365 g/mol. The average Bonchev–Trinajstić information content (AvgIpc) is 2.21. The number of thioether (sulfide) groups is 1. The van der Waals surface area contributed by atoms with Crippen LogP contribution in [0.5, 0.6) is 0 Å². The molecule has 0 spiro atoms. The van der Waals surface area contributed by atoms with Gasteiger partial charge in [0.2, 0.25) is 0 Å². The van der Waals surface area contributed by atoms with Crippen molar-refractivity contribution in [2.24, 2.45) is 0 Å². The lowest BCUT2D eigenvalue weighted by Crippen LogP contribution is -2.19. The first kappa shape index (κ1) is 15.0. The Balaban J connectivity index is 2.98. The molecule has 0 fully saturated rings. The maximum atomic E-state index is 5.95. The van der Waals surface area contributed by atoms with Crippen molar-refractivity contribution in [3.8, 4) is 0 Å². The molecule has 0 aliphatic rings. The van der Waals surface area contributed by atoms with Gasteiger partial charge in [-0.05, 0) is 34.8 Å². The average molecular weight is 365 g/mol. The Morgan fingerprint density at radius 1 is 1.29 bits per heavy atom. The first-order valence-electron chi connectivity index (χ1n) is 5.76. The molecule has 0 atom stereocenters. The minimum Gasteiger partial charge on any atom is -0.383 e. The van der Waals surface area contributed by atoms with Crippen LogP contribution in [0.2, 0.25) is 0 Å². The summed E-state index contributed by atoms with van der Waals surface area (Å²) in [6.07, 6.45) is 1.18. The normalized spacial score (nSPS) is 11.8. The van der Waals surface area contributed by atoms with Crippen LogP contribution in [0, 0.1) is 3.57 Å². The molecule has 0 bridgehead atoms. The maximum absolute atomic E-state index is 5.95. The summed E-state index contributed by atoms with van der Waals surface area (Å²) in [7, 11) is 0. The van der Waals surface area contributed by atoms with E-state index in [9.17, 15) is 0 Å². The summed E-state index contributed by atoms with van der Waals surface area (Å²) < 4.78 is 0.986. The summed E-state index contributed by atoms with van der Waals surface area (Å²) in [5, 5.41) is 0. The lowest BCUT2D eigenvalue weighted by atomic mass is 9.92. The van der Waals surface area contributed by atoms with Gasteiger partial charge < -0.3 is 5.73 Å². The summed E-state index contributed by atoms with van der Waals surface area (Å²) in [5.41, 5.74) is 7.02. The zero-order valence-corrected chi connectivity index (χ0v) is 13.9. The maximum Gasteiger partial charge on any atom is 0.140 e. The van der Waals surface area contributed by atoms with Crippen molar-refractivity contribution in [1.82, 2.24) is 9.97 Å². The predicted octanol–water partition coefficient (Wildman–Crippen LogP) is 3.60. The molecular weight excluding hydrogens is 345 g/mol. The van der Waals surface area contributed by atoms with E-state index in [1.165, 1.54) is 6.42 Å². The first-order valence-corrected chi connectivity index (χ1v) is 7.99. The second kappa shape index (κ2) is 6.22. The fraction of sp³-hybridized carbons (Fsp3) is 0.667. The second-order valence-corrected chi connectivity index (χ2v) is 7.17. The van der Waals surface area contributed by atoms with Gasteiger partial charge in [0.15, 0.2) is 0 Å². The van der Waals surface area contributed by atoms with Crippen LogP contribution in [0.4, 0.5) is 5.82 Å². The van der Waals surface area contributed by atoms with Crippen molar-refractivity contribution >= 4 is 40.2 Å². The number of rotatable bonds is 4. The number of nitrogen functional groups attached to an aromatic ring is 1. The van der Waals surface area contributed by atoms with Crippen LogP contribution >= 0.6 is 34.4 Å². The molecule has 0 saturated carbocycles. The molecule has 0 radical (unpaired) electrons. The van der Waals surface area contributed by atoms with Gasteiger partial charge in [0, 0.05) is 5.41 Å². The molecule has 0 aliphatic heterocycles. The van der Waals surface area contributed by atoms with Crippen LogP contribution in [0.25, 0.3) is 0 Å².